The summed E-state index contributed by atoms with van der Waals surface area (Å²) in [6.45, 7) is 4.55. The van der Waals surface area contributed by atoms with Crippen molar-refractivity contribution in [1.82, 2.24) is 4.90 Å². The molecule has 3 rings (SSSR count). The molecule has 0 bridgehead atoms. The molecule has 1 fully saturated rings. The van der Waals surface area contributed by atoms with Crippen molar-refractivity contribution in [3.8, 4) is 5.75 Å². The highest BCUT2D eigenvalue weighted by atomic mass is 35.5. The molecule has 5 nitrogen and oxygen atoms in total. The summed E-state index contributed by atoms with van der Waals surface area (Å²) in [5.74, 6) is -1.83. The SMILES string of the molecule is CCCCN1C(=O)C(=O)/C(=C(/O)c2cc(OCC)ccc2Cl)C1c1ccc(F)cc1. The van der Waals surface area contributed by atoms with E-state index in [0.717, 1.165) is 6.42 Å². The normalized spacial score (nSPS) is 18.1. The highest BCUT2D eigenvalue weighted by Gasteiger charge is 2.45. The average Bonchev–Trinajstić information content (AvgIpc) is 2.98. The van der Waals surface area contributed by atoms with Gasteiger partial charge in [0.2, 0.25) is 0 Å². The van der Waals surface area contributed by atoms with Crippen LogP contribution in [0, 0.1) is 5.82 Å². The van der Waals surface area contributed by atoms with Crippen LogP contribution in [0.2, 0.25) is 5.02 Å². The number of aliphatic hydroxyl groups excluding tert-OH is 1. The molecule has 0 radical (unpaired) electrons. The number of hydrogen-bond donors (Lipinski definition) is 1. The summed E-state index contributed by atoms with van der Waals surface area (Å²) < 4.78 is 18.9. The van der Waals surface area contributed by atoms with Gasteiger partial charge >= 0.3 is 0 Å². The first-order valence-corrected chi connectivity index (χ1v) is 10.2. The monoisotopic (exact) mass is 431 g/mol. The van der Waals surface area contributed by atoms with Crippen molar-refractivity contribution >= 4 is 29.1 Å². The van der Waals surface area contributed by atoms with Crippen LogP contribution >= 0.6 is 11.6 Å². The maximum Gasteiger partial charge on any atom is 0.295 e. The number of amides is 1. The minimum atomic E-state index is -0.830. The van der Waals surface area contributed by atoms with Crippen LogP contribution in [-0.4, -0.2) is 34.8 Å². The van der Waals surface area contributed by atoms with Crippen LogP contribution in [-0.2, 0) is 9.59 Å². The number of nitrogens with zero attached hydrogens (tertiary/aromatic N) is 1. The van der Waals surface area contributed by atoms with Gasteiger partial charge in [-0.3, -0.25) is 9.59 Å². The van der Waals surface area contributed by atoms with E-state index in [9.17, 15) is 19.1 Å². The number of ether oxygens (including phenoxy) is 1. The zero-order valence-corrected chi connectivity index (χ0v) is 17.6. The van der Waals surface area contributed by atoms with Crippen molar-refractivity contribution in [2.45, 2.75) is 32.7 Å². The van der Waals surface area contributed by atoms with Gasteiger partial charge in [-0.25, -0.2) is 4.39 Å². The number of rotatable bonds is 7. The van der Waals surface area contributed by atoms with Crippen LogP contribution in [0.3, 0.4) is 0 Å². The Morgan fingerprint density at radius 1 is 1.17 bits per heavy atom. The summed E-state index contributed by atoms with van der Waals surface area (Å²) in [5.41, 5.74) is 0.659. The van der Waals surface area contributed by atoms with Crippen molar-refractivity contribution in [3.05, 3.63) is 70.0 Å². The summed E-state index contributed by atoms with van der Waals surface area (Å²) in [5, 5.41) is 11.3. The number of ketones is 1. The Balaban J connectivity index is 2.18. The molecule has 7 heteroatoms. The molecule has 1 aliphatic rings. The maximum atomic E-state index is 13.5. The third-order valence-corrected chi connectivity index (χ3v) is 5.31. The Hall–Kier alpha value is -2.86. The fraction of sp³-hybridized carbons (Fsp3) is 0.304. The first-order chi connectivity index (χ1) is 14.4. The number of hydrogen-bond acceptors (Lipinski definition) is 4. The number of carbonyl (C=O) groups excluding carboxylic acids is 2. The van der Waals surface area contributed by atoms with E-state index in [4.69, 9.17) is 16.3 Å². The van der Waals surface area contributed by atoms with E-state index in [1.807, 2.05) is 13.8 Å². The zero-order chi connectivity index (χ0) is 21.8. The predicted molar refractivity (Wildman–Crippen MR) is 113 cm³/mol. The van der Waals surface area contributed by atoms with Gasteiger partial charge < -0.3 is 14.7 Å². The van der Waals surface area contributed by atoms with Crippen LogP contribution in [0.15, 0.2) is 48.0 Å². The van der Waals surface area contributed by atoms with Crippen LogP contribution < -0.4 is 4.74 Å². The van der Waals surface area contributed by atoms with E-state index in [-0.39, 0.29) is 21.9 Å². The number of unbranched alkanes of at least 4 members (excludes halogenated alkanes) is 1. The fourth-order valence-electron chi connectivity index (χ4n) is 3.52. The number of likely N-dealkylation sites (tertiary alicyclic amines) is 1. The Morgan fingerprint density at radius 2 is 1.87 bits per heavy atom. The maximum absolute atomic E-state index is 13.5. The molecule has 0 aliphatic carbocycles. The molecule has 0 saturated carbocycles. The van der Waals surface area contributed by atoms with Gasteiger partial charge in [0.15, 0.2) is 0 Å². The van der Waals surface area contributed by atoms with E-state index >= 15 is 0 Å². The number of halogens is 2. The molecular formula is C23H23ClFNO4. The molecule has 2 aromatic carbocycles. The molecule has 1 N–H and O–H groups in total. The van der Waals surface area contributed by atoms with Crippen molar-refractivity contribution in [3.63, 3.8) is 0 Å². The Bertz CT molecular complexity index is 987. The molecule has 0 aromatic heterocycles. The fourth-order valence-corrected chi connectivity index (χ4v) is 3.73. The molecule has 1 heterocycles. The van der Waals surface area contributed by atoms with Crippen molar-refractivity contribution in [2.75, 3.05) is 13.2 Å². The van der Waals surface area contributed by atoms with Gasteiger partial charge in [-0.15, -0.1) is 0 Å². The lowest BCUT2D eigenvalue weighted by molar-refractivity contribution is -0.139. The molecule has 1 unspecified atom stereocenters. The minimum Gasteiger partial charge on any atom is -0.507 e. The molecular weight excluding hydrogens is 409 g/mol. The summed E-state index contributed by atoms with van der Waals surface area (Å²) in [6.07, 6.45) is 1.51. The van der Waals surface area contributed by atoms with Crippen molar-refractivity contribution in [2.24, 2.45) is 0 Å². The van der Waals surface area contributed by atoms with Gasteiger partial charge in [-0.05, 0) is 49.2 Å². The molecule has 2 aromatic rings. The van der Waals surface area contributed by atoms with Gasteiger partial charge in [-0.1, -0.05) is 37.1 Å². The Morgan fingerprint density at radius 3 is 2.50 bits per heavy atom. The lowest BCUT2D eigenvalue weighted by Gasteiger charge is -2.25. The second-order valence-corrected chi connectivity index (χ2v) is 7.38. The second kappa shape index (κ2) is 9.30. The molecule has 1 amide bonds. The van der Waals surface area contributed by atoms with Gasteiger partial charge in [-0.2, -0.15) is 0 Å². The topological polar surface area (TPSA) is 66.8 Å². The van der Waals surface area contributed by atoms with E-state index in [1.54, 1.807) is 12.1 Å². The third kappa shape index (κ3) is 4.19. The van der Waals surface area contributed by atoms with Crippen LogP contribution in [0.4, 0.5) is 4.39 Å². The van der Waals surface area contributed by atoms with E-state index in [0.29, 0.717) is 30.9 Å². The summed E-state index contributed by atoms with van der Waals surface area (Å²) in [7, 11) is 0. The Labute approximate surface area is 179 Å². The van der Waals surface area contributed by atoms with Crippen LogP contribution in [0.5, 0.6) is 5.75 Å². The third-order valence-electron chi connectivity index (χ3n) is 4.98. The number of benzene rings is 2. The minimum absolute atomic E-state index is 0.0711. The molecule has 158 valence electrons. The summed E-state index contributed by atoms with van der Waals surface area (Å²) in [4.78, 5) is 27.1. The predicted octanol–water partition coefficient (Wildman–Crippen LogP) is 5.10. The molecule has 1 saturated heterocycles. The lowest BCUT2D eigenvalue weighted by atomic mass is 9.95. The quantitative estimate of drug-likeness (QED) is 0.376. The smallest absolute Gasteiger partial charge is 0.295 e. The standard InChI is InChI=1S/C23H23ClFNO4/c1-3-5-12-26-20(14-6-8-15(25)9-7-14)19(22(28)23(26)29)21(27)17-13-16(30-4-2)10-11-18(17)24/h6-11,13,20,27H,3-5,12H2,1-2H3/b21-19+. The van der Waals surface area contributed by atoms with Gasteiger partial charge in [0, 0.05) is 12.1 Å². The van der Waals surface area contributed by atoms with E-state index in [2.05, 4.69) is 0 Å². The second-order valence-electron chi connectivity index (χ2n) is 6.97. The lowest BCUT2D eigenvalue weighted by Crippen LogP contribution is -2.30. The van der Waals surface area contributed by atoms with Gasteiger partial charge in [0.1, 0.15) is 17.3 Å². The first-order valence-electron chi connectivity index (χ1n) is 9.85. The number of carbonyl (C=O) groups is 2. The van der Waals surface area contributed by atoms with Crippen LogP contribution in [0.1, 0.15) is 43.9 Å². The first kappa shape index (κ1) is 21.8. The number of Topliss-reactive ketones (excluding diaryl/α,β-unsaturated/α-hetero) is 1. The van der Waals surface area contributed by atoms with Crippen molar-refractivity contribution in [1.29, 1.82) is 0 Å². The van der Waals surface area contributed by atoms with E-state index in [1.165, 1.54) is 35.2 Å². The molecule has 0 spiro atoms. The molecule has 1 aliphatic heterocycles. The average molecular weight is 432 g/mol. The molecule has 30 heavy (non-hydrogen) atoms. The van der Waals surface area contributed by atoms with E-state index < -0.39 is 23.5 Å². The Kier molecular flexibility index (Phi) is 6.77. The highest BCUT2D eigenvalue weighted by molar-refractivity contribution is 6.47. The summed E-state index contributed by atoms with van der Waals surface area (Å²) >= 11 is 6.28. The van der Waals surface area contributed by atoms with Crippen molar-refractivity contribution < 1.29 is 23.8 Å². The largest absolute Gasteiger partial charge is 0.507 e. The number of aliphatic hydroxyl groups is 1. The summed E-state index contributed by atoms with van der Waals surface area (Å²) in [6, 6.07) is 9.45. The van der Waals surface area contributed by atoms with Gasteiger partial charge in [0.25, 0.3) is 11.7 Å². The molecule has 1 atom stereocenters. The van der Waals surface area contributed by atoms with Crippen LogP contribution in [0.25, 0.3) is 5.76 Å². The zero-order valence-electron chi connectivity index (χ0n) is 16.8. The van der Waals surface area contributed by atoms with Gasteiger partial charge in [0.05, 0.1) is 23.2 Å². The highest BCUT2D eigenvalue weighted by Crippen LogP contribution is 2.41.